The quantitative estimate of drug-likeness (QED) is 0.786. The zero-order valence-corrected chi connectivity index (χ0v) is 10.2. The van der Waals surface area contributed by atoms with Gasteiger partial charge in [0, 0.05) is 11.0 Å². The maximum absolute atomic E-state index is 10.1. The largest absolute Gasteiger partial charge is 0.388 e. The lowest BCUT2D eigenvalue weighted by atomic mass is 9.97. The van der Waals surface area contributed by atoms with Crippen LogP contribution in [0.25, 0.3) is 0 Å². The molecule has 0 bridgehead atoms. The van der Waals surface area contributed by atoms with Gasteiger partial charge in [-0.05, 0) is 29.5 Å². The van der Waals surface area contributed by atoms with Crippen molar-refractivity contribution in [2.75, 3.05) is 0 Å². The molecule has 0 aliphatic carbocycles. The summed E-state index contributed by atoms with van der Waals surface area (Å²) in [5.74, 6) is 1.04. The Hall–Kier alpha value is -0.470. The number of aliphatic hydroxyl groups excluding tert-OH is 1. The van der Waals surface area contributed by atoms with E-state index in [-0.39, 0.29) is 6.10 Å². The van der Waals surface area contributed by atoms with E-state index in [1.54, 1.807) is 0 Å². The monoisotopic (exact) mass is 222 g/mol. The minimum absolute atomic E-state index is 0.267. The molecular weight excluding hydrogens is 204 g/mol. The molecular formula is C13H18OS. The molecule has 1 aromatic rings. The number of rotatable bonds is 1. The van der Waals surface area contributed by atoms with Gasteiger partial charge in [0.15, 0.2) is 0 Å². The van der Waals surface area contributed by atoms with Crippen LogP contribution in [0.5, 0.6) is 0 Å². The van der Waals surface area contributed by atoms with Crippen molar-refractivity contribution in [1.29, 1.82) is 0 Å². The van der Waals surface area contributed by atoms with Crippen LogP contribution in [0.3, 0.4) is 0 Å². The zero-order chi connectivity index (χ0) is 10.8. The van der Waals surface area contributed by atoms with Crippen LogP contribution in [0.2, 0.25) is 0 Å². The molecule has 1 N–H and O–H groups in total. The summed E-state index contributed by atoms with van der Waals surface area (Å²) in [6.07, 6.45) is 1.66. The average Bonchev–Trinajstić information content (AvgIpc) is 2.38. The van der Waals surface area contributed by atoms with Crippen LogP contribution in [-0.4, -0.2) is 10.4 Å². The van der Waals surface area contributed by atoms with Gasteiger partial charge in [-0.15, -0.1) is 0 Å². The maximum atomic E-state index is 10.1. The highest BCUT2D eigenvalue weighted by atomic mass is 32.2. The van der Waals surface area contributed by atoms with Crippen LogP contribution in [0.1, 0.15) is 43.1 Å². The van der Waals surface area contributed by atoms with Crippen LogP contribution in [-0.2, 0) is 12.2 Å². The summed E-state index contributed by atoms with van der Waals surface area (Å²) in [5.41, 5.74) is 3.80. The topological polar surface area (TPSA) is 20.2 Å². The Morgan fingerprint density at radius 3 is 3.00 bits per heavy atom. The van der Waals surface area contributed by atoms with Gasteiger partial charge < -0.3 is 5.11 Å². The van der Waals surface area contributed by atoms with Crippen molar-refractivity contribution in [2.45, 2.75) is 43.8 Å². The number of benzene rings is 1. The molecule has 2 atom stereocenters. The number of hydrogen-bond acceptors (Lipinski definition) is 2. The van der Waals surface area contributed by atoms with Crippen molar-refractivity contribution in [3.8, 4) is 0 Å². The van der Waals surface area contributed by atoms with Gasteiger partial charge >= 0.3 is 0 Å². The first-order chi connectivity index (χ1) is 7.20. The number of thioether (sulfide) groups is 1. The van der Waals surface area contributed by atoms with E-state index < -0.39 is 0 Å². The molecule has 15 heavy (non-hydrogen) atoms. The normalized spacial score (nSPS) is 25.8. The highest BCUT2D eigenvalue weighted by Gasteiger charge is 2.20. The van der Waals surface area contributed by atoms with Gasteiger partial charge in [-0.25, -0.2) is 0 Å². The Morgan fingerprint density at radius 2 is 2.27 bits per heavy atom. The molecule has 0 aromatic heterocycles. The molecule has 1 aliphatic rings. The van der Waals surface area contributed by atoms with Gasteiger partial charge in [-0.3, -0.25) is 0 Å². The summed E-state index contributed by atoms with van der Waals surface area (Å²) < 4.78 is 0. The van der Waals surface area contributed by atoms with E-state index in [1.807, 2.05) is 11.8 Å². The third-order valence-electron chi connectivity index (χ3n) is 3.06. The van der Waals surface area contributed by atoms with Crippen molar-refractivity contribution < 1.29 is 5.11 Å². The summed E-state index contributed by atoms with van der Waals surface area (Å²) in [5, 5.41) is 10.7. The highest BCUT2D eigenvalue weighted by Crippen LogP contribution is 2.35. The number of aliphatic hydroxyl groups is 1. The summed E-state index contributed by atoms with van der Waals surface area (Å²) in [7, 11) is 0. The van der Waals surface area contributed by atoms with Crippen molar-refractivity contribution >= 4 is 11.8 Å². The van der Waals surface area contributed by atoms with Crippen molar-refractivity contribution in [1.82, 2.24) is 0 Å². The van der Waals surface area contributed by atoms with Crippen molar-refractivity contribution in [2.24, 2.45) is 0 Å². The fraction of sp³-hybridized carbons (Fsp3) is 0.538. The Balaban J connectivity index is 2.36. The molecule has 1 heterocycles. The second-order valence-electron chi connectivity index (χ2n) is 4.26. The van der Waals surface area contributed by atoms with Crippen LogP contribution in [0.4, 0.5) is 0 Å². The summed E-state index contributed by atoms with van der Waals surface area (Å²) >= 11 is 1.94. The Bertz CT molecular complexity index is 348. The predicted molar refractivity (Wildman–Crippen MR) is 66.2 cm³/mol. The summed E-state index contributed by atoms with van der Waals surface area (Å²) in [6, 6.07) is 6.54. The lowest BCUT2D eigenvalue weighted by Crippen LogP contribution is -2.04. The Morgan fingerprint density at radius 1 is 1.47 bits per heavy atom. The second-order valence-corrected chi connectivity index (χ2v) is 5.69. The van der Waals surface area contributed by atoms with E-state index in [0.29, 0.717) is 5.25 Å². The lowest BCUT2D eigenvalue weighted by Gasteiger charge is -2.13. The van der Waals surface area contributed by atoms with E-state index in [1.165, 1.54) is 11.1 Å². The molecule has 0 spiro atoms. The van der Waals surface area contributed by atoms with Gasteiger partial charge in [0.05, 0.1) is 6.10 Å². The van der Waals surface area contributed by atoms with Gasteiger partial charge in [0.1, 0.15) is 0 Å². The first-order valence-corrected chi connectivity index (χ1v) is 6.67. The summed E-state index contributed by atoms with van der Waals surface area (Å²) in [6.45, 7) is 4.35. The molecule has 2 rings (SSSR count). The summed E-state index contributed by atoms with van der Waals surface area (Å²) in [4.78, 5) is 0. The third kappa shape index (κ3) is 2.37. The van der Waals surface area contributed by atoms with E-state index in [9.17, 15) is 5.11 Å². The van der Waals surface area contributed by atoms with E-state index in [2.05, 4.69) is 32.0 Å². The number of fused-ring (bicyclic) bond motifs is 1. The standard InChI is InChI=1S/C13H18OS/c1-3-10-4-5-11-8-15-9(2)6-13(14)12(11)7-10/h4-5,7,9,13-14H,3,6,8H2,1-2H3. The first-order valence-electron chi connectivity index (χ1n) is 5.62. The highest BCUT2D eigenvalue weighted by molar-refractivity contribution is 7.99. The van der Waals surface area contributed by atoms with Crippen LogP contribution < -0.4 is 0 Å². The molecule has 2 unspecified atom stereocenters. The predicted octanol–water partition coefficient (Wildman–Crippen LogP) is 3.31. The number of aryl methyl sites for hydroxylation is 1. The Kier molecular flexibility index (Phi) is 3.37. The SMILES string of the molecule is CCc1ccc2c(c1)C(O)CC(C)SC2. The van der Waals surface area contributed by atoms with Crippen molar-refractivity contribution in [3.05, 3.63) is 34.9 Å². The van der Waals surface area contributed by atoms with Crippen molar-refractivity contribution in [3.63, 3.8) is 0 Å². The van der Waals surface area contributed by atoms with Crippen LogP contribution in [0.15, 0.2) is 18.2 Å². The van der Waals surface area contributed by atoms with Gasteiger partial charge in [0.2, 0.25) is 0 Å². The molecule has 1 aliphatic heterocycles. The Labute approximate surface area is 95.9 Å². The van der Waals surface area contributed by atoms with Crippen LogP contribution >= 0.6 is 11.8 Å². The van der Waals surface area contributed by atoms with E-state index >= 15 is 0 Å². The van der Waals surface area contributed by atoms with Crippen LogP contribution in [0, 0.1) is 0 Å². The molecule has 1 aromatic carbocycles. The molecule has 0 fully saturated rings. The molecule has 2 heteroatoms. The fourth-order valence-electron chi connectivity index (χ4n) is 2.05. The molecule has 0 radical (unpaired) electrons. The fourth-order valence-corrected chi connectivity index (χ4v) is 3.09. The lowest BCUT2D eigenvalue weighted by molar-refractivity contribution is 0.168. The smallest absolute Gasteiger partial charge is 0.0803 e. The minimum atomic E-state index is -0.267. The minimum Gasteiger partial charge on any atom is -0.388 e. The van der Waals surface area contributed by atoms with E-state index in [4.69, 9.17) is 0 Å². The number of hydrogen-bond donors (Lipinski definition) is 1. The second kappa shape index (κ2) is 4.58. The van der Waals surface area contributed by atoms with Gasteiger partial charge in [-0.2, -0.15) is 11.8 Å². The molecule has 0 saturated carbocycles. The third-order valence-corrected chi connectivity index (χ3v) is 4.30. The maximum Gasteiger partial charge on any atom is 0.0803 e. The molecule has 0 amide bonds. The molecule has 1 nitrogen and oxygen atoms in total. The average molecular weight is 222 g/mol. The zero-order valence-electron chi connectivity index (χ0n) is 9.36. The van der Waals surface area contributed by atoms with E-state index in [0.717, 1.165) is 24.2 Å². The molecule has 82 valence electrons. The molecule has 0 saturated heterocycles. The van der Waals surface area contributed by atoms with Gasteiger partial charge in [0.25, 0.3) is 0 Å². The van der Waals surface area contributed by atoms with Gasteiger partial charge in [-0.1, -0.05) is 32.0 Å². The first kappa shape index (κ1) is 11.0.